The van der Waals surface area contributed by atoms with Gasteiger partial charge in [-0.05, 0) is 12.8 Å². The number of carboxylic acids is 1. The minimum Gasteiger partial charge on any atom is -0.480 e. The molecule has 1 unspecified atom stereocenters. The zero-order valence-corrected chi connectivity index (χ0v) is 9.89. The molecule has 0 saturated carbocycles. The highest BCUT2D eigenvalue weighted by atomic mass is 16.4. The van der Waals surface area contributed by atoms with Crippen LogP contribution in [-0.2, 0) is 9.59 Å². The average Bonchev–Trinajstić information content (AvgIpc) is 2.83. The Hall–Kier alpha value is -1.14. The van der Waals surface area contributed by atoms with Gasteiger partial charge >= 0.3 is 5.97 Å². The summed E-state index contributed by atoms with van der Waals surface area (Å²) in [7, 11) is 0. The third kappa shape index (κ3) is 2.95. The average molecular weight is 241 g/mol. The number of nitrogens with zero attached hydrogens (tertiary/aromatic N) is 2. The SMILES string of the molecule is O=C(O)C1CNCCN1CC(=O)N1CCCC1. The first-order chi connectivity index (χ1) is 8.18. The molecule has 2 fully saturated rings. The fourth-order valence-electron chi connectivity index (χ4n) is 2.42. The number of likely N-dealkylation sites (tertiary alicyclic amines) is 1. The molecule has 0 bridgehead atoms. The summed E-state index contributed by atoms with van der Waals surface area (Å²) in [6.45, 7) is 3.67. The molecule has 96 valence electrons. The second kappa shape index (κ2) is 5.46. The number of rotatable bonds is 3. The van der Waals surface area contributed by atoms with Crippen molar-refractivity contribution >= 4 is 11.9 Å². The first-order valence-corrected chi connectivity index (χ1v) is 6.14. The Balaban J connectivity index is 1.90. The first-order valence-electron chi connectivity index (χ1n) is 6.14. The monoisotopic (exact) mass is 241 g/mol. The molecule has 6 heteroatoms. The van der Waals surface area contributed by atoms with E-state index in [1.807, 2.05) is 4.90 Å². The van der Waals surface area contributed by atoms with Crippen molar-refractivity contribution in [3.05, 3.63) is 0 Å². The molecule has 2 aliphatic rings. The van der Waals surface area contributed by atoms with Crippen molar-refractivity contribution in [2.24, 2.45) is 0 Å². The van der Waals surface area contributed by atoms with Gasteiger partial charge in [0.2, 0.25) is 5.91 Å². The predicted molar refractivity (Wildman–Crippen MR) is 61.7 cm³/mol. The summed E-state index contributed by atoms with van der Waals surface area (Å²) in [5.74, 6) is -0.790. The van der Waals surface area contributed by atoms with Crippen molar-refractivity contribution in [1.82, 2.24) is 15.1 Å². The Kier molecular flexibility index (Phi) is 3.96. The van der Waals surface area contributed by atoms with Gasteiger partial charge in [-0.25, -0.2) is 0 Å². The zero-order chi connectivity index (χ0) is 12.3. The smallest absolute Gasteiger partial charge is 0.322 e. The van der Waals surface area contributed by atoms with Gasteiger partial charge in [0.25, 0.3) is 0 Å². The standard InChI is InChI=1S/C11H19N3O3/c15-10(13-4-1-2-5-13)8-14-6-3-12-7-9(14)11(16)17/h9,12H,1-8H2,(H,16,17). The van der Waals surface area contributed by atoms with Crippen molar-refractivity contribution in [2.75, 3.05) is 39.3 Å². The fourth-order valence-corrected chi connectivity index (χ4v) is 2.42. The summed E-state index contributed by atoms with van der Waals surface area (Å²) in [6, 6.07) is -0.574. The number of carbonyl (C=O) groups excluding carboxylic acids is 1. The van der Waals surface area contributed by atoms with Crippen LogP contribution in [-0.4, -0.2) is 72.1 Å². The van der Waals surface area contributed by atoms with Gasteiger partial charge in [-0.3, -0.25) is 14.5 Å². The van der Waals surface area contributed by atoms with E-state index in [0.29, 0.717) is 13.1 Å². The highest BCUT2D eigenvalue weighted by Crippen LogP contribution is 2.10. The molecule has 0 spiro atoms. The maximum atomic E-state index is 12.0. The number of hydrogen-bond donors (Lipinski definition) is 2. The molecule has 0 aliphatic carbocycles. The van der Waals surface area contributed by atoms with Crippen LogP contribution in [0.3, 0.4) is 0 Å². The van der Waals surface area contributed by atoms with Crippen LogP contribution in [0.5, 0.6) is 0 Å². The number of amides is 1. The largest absolute Gasteiger partial charge is 0.480 e. The molecule has 2 rings (SSSR count). The summed E-state index contributed by atoms with van der Waals surface area (Å²) >= 11 is 0. The lowest BCUT2D eigenvalue weighted by molar-refractivity contribution is -0.145. The van der Waals surface area contributed by atoms with Crippen molar-refractivity contribution in [3.8, 4) is 0 Å². The molecule has 0 aromatic heterocycles. The summed E-state index contributed by atoms with van der Waals surface area (Å²) in [5.41, 5.74) is 0. The highest BCUT2D eigenvalue weighted by molar-refractivity contribution is 5.80. The molecular weight excluding hydrogens is 222 g/mol. The molecule has 2 heterocycles. The van der Waals surface area contributed by atoms with Crippen LogP contribution >= 0.6 is 0 Å². The maximum Gasteiger partial charge on any atom is 0.322 e. The van der Waals surface area contributed by atoms with Crippen LogP contribution in [0.1, 0.15) is 12.8 Å². The van der Waals surface area contributed by atoms with E-state index in [1.165, 1.54) is 0 Å². The molecule has 1 atom stereocenters. The van der Waals surface area contributed by atoms with E-state index in [4.69, 9.17) is 5.11 Å². The van der Waals surface area contributed by atoms with E-state index in [9.17, 15) is 9.59 Å². The third-order valence-corrected chi connectivity index (χ3v) is 3.44. The molecule has 6 nitrogen and oxygen atoms in total. The van der Waals surface area contributed by atoms with Crippen molar-refractivity contribution in [1.29, 1.82) is 0 Å². The second-order valence-electron chi connectivity index (χ2n) is 4.62. The number of carbonyl (C=O) groups is 2. The minimum absolute atomic E-state index is 0.0654. The van der Waals surface area contributed by atoms with E-state index >= 15 is 0 Å². The van der Waals surface area contributed by atoms with Crippen molar-refractivity contribution in [3.63, 3.8) is 0 Å². The van der Waals surface area contributed by atoms with E-state index in [2.05, 4.69) is 5.32 Å². The van der Waals surface area contributed by atoms with Crippen LogP contribution in [0.25, 0.3) is 0 Å². The zero-order valence-electron chi connectivity index (χ0n) is 9.89. The molecule has 0 radical (unpaired) electrons. The lowest BCUT2D eigenvalue weighted by Crippen LogP contribution is -2.57. The van der Waals surface area contributed by atoms with Gasteiger partial charge in [0.15, 0.2) is 0 Å². The summed E-state index contributed by atoms with van der Waals surface area (Å²) in [4.78, 5) is 26.6. The number of aliphatic carboxylic acids is 1. The third-order valence-electron chi connectivity index (χ3n) is 3.44. The molecule has 0 aromatic carbocycles. The van der Waals surface area contributed by atoms with Crippen LogP contribution in [0.15, 0.2) is 0 Å². The van der Waals surface area contributed by atoms with Crippen LogP contribution < -0.4 is 5.32 Å². The van der Waals surface area contributed by atoms with Crippen LogP contribution in [0, 0.1) is 0 Å². The van der Waals surface area contributed by atoms with Gasteiger partial charge < -0.3 is 15.3 Å². The van der Waals surface area contributed by atoms with E-state index in [-0.39, 0.29) is 12.5 Å². The van der Waals surface area contributed by atoms with Crippen LogP contribution in [0.2, 0.25) is 0 Å². The van der Waals surface area contributed by atoms with Crippen molar-refractivity contribution < 1.29 is 14.7 Å². The number of hydrogen-bond acceptors (Lipinski definition) is 4. The topological polar surface area (TPSA) is 72.9 Å². The first kappa shape index (κ1) is 12.3. The Labute approximate surface area is 101 Å². The Morgan fingerprint density at radius 2 is 1.94 bits per heavy atom. The summed E-state index contributed by atoms with van der Waals surface area (Å²) in [5, 5.41) is 12.1. The molecule has 2 saturated heterocycles. The molecule has 2 N–H and O–H groups in total. The maximum absolute atomic E-state index is 12.0. The van der Waals surface area contributed by atoms with E-state index in [1.54, 1.807) is 4.90 Å². The second-order valence-corrected chi connectivity index (χ2v) is 4.62. The van der Waals surface area contributed by atoms with Gasteiger partial charge in [0.1, 0.15) is 6.04 Å². The molecular formula is C11H19N3O3. The number of carboxylic acid groups (broad SMARTS) is 1. The molecule has 1 amide bonds. The van der Waals surface area contributed by atoms with Gasteiger partial charge in [0.05, 0.1) is 6.54 Å². The quantitative estimate of drug-likeness (QED) is 0.661. The lowest BCUT2D eigenvalue weighted by atomic mass is 10.2. The molecule has 17 heavy (non-hydrogen) atoms. The van der Waals surface area contributed by atoms with Crippen LogP contribution in [0.4, 0.5) is 0 Å². The van der Waals surface area contributed by atoms with Crippen molar-refractivity contribution in [2.45, 2.75) is 18.9 Å². The number of nitrogens with one attached hydrogen (secondary N) is 1. The summed E-state index contributed by atoms with van der Waals surface area (Å²) < 4.78 is 0. The fraction of sp³-hybridized carbons (Fsp3) is 0.818. The van der Waals surface area contributed by atoms with Gasteiger partial charge in [-0.15, -0.1) is 0 Å². The van der Waals surface area contributed by atoms with Gasteiger partial charge in [-0.2, -0.15) is 0 Å². The molecule has 0 aromatic rings. The minimum atomic E-state index is -0.855. The van der Waals surface area contributed by atoms with Gasteiger partial charge in [0, 0.05) is 32.7 Å². The van der Waals surface area contributed by atoms with E-state index < -0.39 is 12.0 Å². The summed E-state index contributed by atoms with van der Waals surface area (Å²) in [6.07, 6.45) is 2.13. The Bertz CT molecular complexity index is 302. The normalized spacial score (nSPS) is 26.1. The Morgan fingerprint density at radius 3 is 2.59 bits per heavy atom. The van der Waals surface area contributed by atoms with Gasteiger partial charge in [-0.1, -0.05) is 0 Å². The molecule has 2 aliphatic heterocycles. The van der Waals surface area contributed by atoms with E-state index in [0.717, 1.165) is 32.5 Å². The predicted octanol–water partition coefficient (Wildman–Crippen LogP) is -1.03. The number of piperazine rings is 1. The highest BCUT2D eigenvalue weighted by Gasteiger charge is 2.31. The Morgan fingerprint density at radius 1 is 1.24 bits per heavy atom. The lowest BCUT2D eigenvalue weighted by Gasteiger charge is -2.33.